The van der Waals surface area contributed by atoms with Gasteiger partial charge in [0.2, 0.25) is 5.91 Å². The van der Waals surface area contributed by atoms with Gasteiger partial charge in [-0.3, -0.25) is 4.79 Å². The van der Waals surface area contributed by atoms with E-state index in [9.17, 15) is 4.79 Å². The van der Waals surface area contributed by atoms with Crippen molar-refractivity contribution in [2.24, 2.45) is 0 Å². The van der Waals surface area contributed by atoms with Crippen LogP contribution < -0.4 is 5.32 Å². The molecule has 0 aliphatic carbocycles. The summed E-state index contributed by atoms with van der Waals surface area (Å²) in [6.45, 7) is 2.73. The Bertz CT molecular complexity index is 321. The van der Waals surface area contributed by atoms with Crippen LogP contribution in [0.1, 0.15) is 24.0 Å². The normalized spacial score (nSPS) is 10.1. The van der Waals surface area contributed by atoms with Crippen LogP contribution in [0.2, 0.25) is 0 Å². The molecule has 2 nitrogen and oxygen atoms in total. The van der Waals surface area contributed by atoms with E-state index in [2.05, 4.69) is 36.5 Å². The van der Waals surface area contributed by atoms with Crippen LogP contribution in [0.3, 0.4) is 0 Å². The summed E-state index contributed by atoms with van der Waals surface area (Å²) in [5, 5.41) is 2.84. The first kappa shape index (κ1) is 13.0. The molecule has 3 heteroatoms. The lowest BCUT2D eigenvalue weighted by molar-refractivity contribution is -0.121. The highest BCUT2D eigenvalue weighted by molar-refractivity contribution is 6.17. The van der Waals surface area contributed by atoms with E-state index in [1.807, 2.05) is 0 Å². The molecule has 0 aromatic heterocycles. The first-order valence-corrected chi connectivity index (χ1v) is 6.14. The van der Waals surface area contributed by atoms with Gasteiger partial charge in [-0.05, 0) is 25.3 Å². The molecule has 0 heterocycles. The quantitative estimate of drug-likeness (QED) is 0.600. The molecule has 16 heavy (non-hydrogen) atoms. The third-order valence-electron chi connectivity index (χ3n) is 2.39. The Morgan fingerprint density at radius 1 is 1.31 bits per heavy atom. The van der Waals surface area contributed by atoms with Crippen LogP contribution in [0, 0.1) is 6.92 Å². The highest BCUT2D eigenvalue weighted by Gasteiger charge is 2.01. The van der Waals surface area contributed by atoms with Gasteiger partial charge in [0.1, 0.15) is 0 Å². The summed E-state index contributed by atoms with van der Waals surface area (Å²) >= 11 is 5.52. The first-order chi connectivity index (χ1) is 7.72. The Balaban J connectivity index is 2.23. The van der Waals surface area contributed by atoms with Gasteiger partial charge in [0.15, 0.2) is 0 Å². The van der Waals surface area contributed by atoms with Gasteiger partial charge in [-0.15, -0.1) is 11.6 Å². The fourth-order valence-electron chi connectivity index (χ4n) is 1.40. The van der Waals surface area contributed by atoms with Crippen molar-refractivity contribution in [3.05, 3.63) is 35.4 Å². The lowest BCUT2D eigenvalue weighted by atomic mass is 10.1. The molecular weight excluding hydrogens is 222 g/mol. The third-order valence-corrected chi connectivity index (χ3v) is 2.66. The minimum absolute atomic E-state index is 0.102. The number of halogens is 1. The van der Waals surface area contributed by atoms with Gasteiger partial charge < -0.3 is 5.32 Å². The zero-order valence-electron chi connectivity index (χ0n) is 9.63. The molecule has 0 unspecified atom stereocenters. The predicted octanol–water partition coefficient (Wildman–Crippen LogP) is 2.67. The second-order valence-corrected chi connectivity index (χ2v) is 4.26. The summed E-state index contributed by atoms with van der Waals surface area (Å²) in [6, 6.07) is 8.28. The molecule has 0 aliphatic heterocycles. The maximum Gasteiger partial charge on any atom is 0.220 e. The Kier molecular flexibility index (Phi) is 5.94. The molecule has 0 spiro atoms. The number of aryl methyl sites for hydroxylation is 2. The van der Waals surface area contributed by atoms with E-state index in [4.69, 9.17) is 11.6 Å². The van der Waals surface area contributed by atoms with E-state index in [0.29, 0.717) is 18.8 Å². The number of amides is 1. The molecule has 1 aromatic rings. The Hall–Kier alpha value is -1.02. The monoisotopic (exact) mass is 239 g/mol. The molecule has 0 saturated heterocycles. The van der Waals surface area contributed by atoms with E-state index < -0.39 is 0 Å². The second kappa shape index (κ2) is 7.29. The van der Waals surface area contributed by atoms with Crippen LogP contribution >= 0.6 is 11.6 Å². The van der Waals surface area contributed by atoms with E-state index in [1.165, 1.54) is 11.1 Å². The smallest absolute Gasteiger partial charge is 0.220 e. The molecule has 1 aromatic carbocycles. The second-order valence-electron chi connectivity index (χ2n) is 3.88. The zero-order valence-corrected chi connectivity index (χ0v) is 10.4. The maximum atomic E-state index is 11.4. The van der Waals surface area contributed by atoms with Crippen molar-refractivity contribution in [2.75, 3.05) is 12.4 Å². The molecule has 1 N–H and O–H groups in total. The van der Waals surface area contributed by atoms with E-state index in [1.54, 1.807) is 0 Å². The van der Waals surface area contributed by atoms with E-state index >= 15 is 0 Å². The van der Waals surface area contributed by atoms with Crippen LogP contribution in [-0.2, 0) is 11.2 Å². The molecular formula is C13H18ClNO. The number of carbonyl (C=O) groups excluding carboxylic acids is 1. The summed E-state index contributed by atoms with van der Waals surface area (Å²) in [5.41, 5.74) is 2.45. The van der Waals surface area contributed by atoms with Crippen LogP contribution in [0.5, 0.6) is 0 Å². The predicted molar refractivity (Wildman–Crippen MR) is 67.8 cm³/mol. The fraction of sp³-hybridized carbons (Fsp3) is 0.462. The largest absolute Gasteiger partial charge is 0.356 e. The van der Waals surface area contributed by atoms with Gasteiger partial charge in [0.05, 0.1) is 0 Å². The zero-order chi connectivity index (χ0) is 11.8. The van der Waals surface area contributed by atoms with Crippen molar-refractivity contribution in [1.82, 2.24) is 5.32 Å². The highest BCUT2D eigenvalue weighted by atomic mass is 35.5. The summed E-state index contributed by atoms with van der Waals surface area (Å²) < 4.78 is 0. The number of hydrogen-bond donors (Lipinski definition) is 1. The first-order valence-electron chi connectivity index (χ1n) is 5.60. The van der Waals surface area contributed by atoms with Crippen molar-refractivity contribution >= 4 is 17.5 Å². The van der Waals surface area contributed by atoms with Crippen LogP contribution in [0.25, 0.3) is 0 Å². The number of hydrogen-bond acceptors (Lipinski definition) is 1. The van der Waals surface area contributed by atoms with Gasteiger partial charge >= 0.3 is 0 Å². The number of benzene rings is 1. The lowest BCUT2D eigenvalue weighted by Gasteiger charge is -2.04. The van der Waals surface area contributed by atoms with Crippen molar-refractivity contribution in [3.8, 4) is 0 Å². The maximum absolute atomic E-state index is 11.4. The molecule has 0 saturated carbocycles. The summed E-state index contributed by atoms with van der Waals surface area (Å²) in [6.07, 6.45) is 2.18. The fourth-order valence-corrected chi connectivity index (χ4v) is 1.53. The average Bonchev–Trinajstić information content (AvgIpc) is 2.29. The lowest BCUT2D eigenvalue weighted by Crippen LogP contribution is -2.24. The van der Waals surface area contributed by atoms with Crippen LogP contribution in [0.4, 0.5) is 0 Å². The molecule has 0 atom stereocenters. The molecule has 0 fully saturated rings. The van der Waals surface area contributed by atoms with Crippen molar-refractivity contribution in [1.29, 1.82) is 0 Å². The van der Waals surface area contributed by atoms with Gasteiger partial charge in [-0.1, -0.05) is 29.8 Å². The van der Waals surface area contributed by atoms with Crippen molar-refractivity contribution in [2.45, 2.75) is 26.2 Å². The Labute approximate surface area is 102 Å². The summed E-state index contributed by atoms with van der Waals surface area (Å²) in [5.74, 6) is 0.698. The topological polar surface area (TPSA) is 29.1 Å². The van der Waals surface area contributed by atoms with E-state index in [-0.39, 0.29) is 5.91 Å². The standard InChI is InChI=1S/C13H18ClNO/c1-11-3-5-12(6-4-11)7-8-13(16)15-10-2-9-14/h3-6H,2,7-10H2,1H3,(H,15,16). The molecule has 0 aliphatic rings. The average molecular weight is 240 g/mol. The SMILES string of the molecule is Cc1ccc(CCC(=O)NCCCCl)cc1. The number of alkyl halides is 1. The van der Waals surface area contributed by atoms with Gasteiger partial charge in [0, 0.05) is 18.8 Å². The minimum atomic E-state index is 0.102. The third kappa shape index (κ3) is 5.17. The van der Waals surface area contributed by atoms with Crippen LogP contribution in [-0.4, -0.2) is 18.3 Å². The number of rotatable bonds is 6. The molecule has 0 radical (unpaired) electrons. The van der Waals surface area contributed by atoms with Gasteiger partial charge in [-0.2, -0.15) is 0 Å². The highest BCUT2D eigenvalue weighted by Crippen LogP contribution is 2.05. The summed E-state index contributed by atoms with van der Waals surface area (Å²) in [7, 11) is 0. The van der Waals surface area contributed by atoms with Crippen LogP contribution in [0.15, 0.2) is 24.3 Å². The van der Waals surface area contributed by atoms with Gasteiger partial charge in [0.25, 0.3) is 0 Å². The Morgan fingerprint density at radius 2 is 2.00 bits per heavy atom. The number of nitrogens with one attached hydrogen (secondary N) is 1. The summed E-state index contributed by atoms with van der Waals surface area (Å²) in [4.78, 5) is 11.4. The molecule has 88 valence electrons. The minimum Gasteiger partial charge on any atom is -0.356 e. The van der Waals surface area contributed by atoms with E-state index in [0.717, 1.165) is 12.8 Å². The molecule has 1 rings (SSSR count). The molecule has 1 amide bonds. The van der Waals surface area contributed by atoms with Gasteiger partial charge in [-0.25, -0.2) is 0 Å². The number of carbonyl (C=O) groups is 1. The molecule has 0 bridgehead atoms. The Morgan fingerprint density at radius 3 is 2.62 bits per heavy atom. The van der Waals surface area contributed by atoms with Crippen molar-refractivity contribution < 1.29 is 4.79 Å². The van der Waals surface area contributed by atoms with Crippen molar-refractivity contribution in [3.63, 3.8) is 0 Å².